The van der Waals surface area contributed by atoms with Gasteiger partial charge in [0.05, 0.1) is 4.90 Å². The molecule has 0 bridgehead atoms. The molecule has 1 aromatic heterocycles. The normalized spacial score (nSPS) is 15.4. The second kappa shape index (κ2) is 6.66. The number of halogens is 1. The number of anilines is 2. The Kier molecular flexibility index (Phi) is 4.34. The number of para-hydroxylation sites is 1. The van der Waals surface area contributed by atoms with Gasteiger partial charge in [0.25, 0.3) is 0 Å². The molecule has 3 aromatic rings. The van der Waals surface area contributed by atoms with E-state index in [4.69, 9.17) is 0 Å². The highest BCUT2D eigenvalue weighted by molar-refractivity contribution is 7.89. The van der Waals surface area contributed by atoms with E-state index in [-0.39, 0.29) is 10.7 Å². The summed E-state index contributed by atoms with van der Waals surface area (Å²) in [6.45, 7) is 1.16. The van der Waals surface area contributed by atoms with Crippen molar-refractivity contribution >= 4 is 32.3 Å². The van der Waals surface area contributed by atoms with Crippen molar-refractivity contribution in [3.05, 3.63) is 60.5 Å². The smallest absolute Gasteiger partial charge is 0.243 e. The average Bonchev–Trinajstić information content (AvgIpc) is 3.19. The summed E-state index contributed by atoms with van der Waals surface area (Å²) in [4.78, 5) is 4.36. The van der Waals surface area contributed by atoms with Crippen molar-refractivity contribution in [2.75, 3.05) is 18.4 Å². The maximum absolute atomic E-state index is 13.9. The summed E-state index contributed by atoms with van der Waals surface area (Å²) in [5.41, 5.74) is 1.73. The van der Waals surface area contributed by atoms with Gasteiger partial charge in [-0.2, -0.15) is 4.31 Å². The molecule has 1 fully saturated rings. The highest BCUT2D eigenvalue weighted by Crippen LogP contribution is 2.28. The van der Waals surface area contributed by atoms with E-state index < -0.39 is 10.0 Å². The number of nitrogens with zero attached hydrogens (tertiary/aromatic N) is 2. The lowest BCUT2D eigenvalue weighted by molar-refractivity contribution is 0.477. The van der Waals surface area contributed by atoms with Crippen molar-refractivity contribution in [1.29, 1.82) is 0 Å². The molecule has 4 rings (SSSR count). The number of fused-ring (bicyclic) bond motifs is 1. The van der Waals surface area contributed by atoms with Gasteiger partial charge < -0.3 is 5.32 Å². The Labute approximate surface area is 151 Å². The van der Waals surface area contributed by atoms with Crippen molar-refractivity contribution in [2.24, 2.45) is 0 Å². The van der Waals surface area contributed by atoms with Crippen LogP contribution in [0.5, 0.6) is 0 Å². The summed E-state index contributed by atoms with van der Waals surface area (Å²) in [6, 6.07) is 13.2. The van der Waals surface area contributed by atoms with E-state index in [2.05, 4.69) is 10.3 Å². The average molecular weight is 371 g/mol. The molecule has 5 nitrogen and oxygen atoms in total. The van der Waals surface area contributed by atoms with E-state index in [1.165, 1.54) is 10.4 Å². The van der Waals surface area contributed by atoms with Crippen LogP contribution in [0.2, 0.25) is 0 Å². The second-order valence-corrected chi connectivity index (χ2v) is 8.19. The van der Waals surface area contributed by atoms with Crippen molar-refractivity contribution in [3.8, 4) is 0 Å². The summed E-state index contributed by atoms with van der Waals surface area (Å²) >= 11 is 0. The summed E-state index contributed by atoms with van der Waals surface area (Å²) in [5, 5.41) is 3.88. The molecular formula is C19H18FN3O2S. The fraction of sp³-hybridized carbons (Fsp3) is 0.211. The summed E-state index contributed by atoms with van der Waals surface area (Å²) in [6.07, 6.45) is 3.36. The third-order valence-electron chi connectivity index (χ3n) is 4.56. The molecule has 1 aliphatic rings. The SMILES string of the molecule is O=S(=O)(c1ccc(Nc2ccnc3c(F)cccc23)cc1)N1CCCC1. The molecule has 134 valence electrons. The first-order valence-electron chi connectivity index (χ1n) is 8.46. The molecule has 0 spiro atoms. The predicted molar refractivity (Wildman–Crippen MR) is 99.4 cm³/mol. The van der Waals surface area contributed by atoms with Crippen LogP contribution in [0.4, 0.5) is 15.8 Å². The number of rotatable bonds is 4. The summed E-state index contributed by atoms with van der Waals surface area (Å²) in [5.74, 6) is -0.377. The summed E-state index contributed by atoms with van der Waals surface area (Å²) < 4.78 is 40.5. The van der Waals surface area contributed by atoms with Crippen LogP contribution in [-0.2, 0) is 10.0 Å². The number of benzene rings is 2. The van der Waals surface area contributed by atoms with Gasteiger partial charge in [0.15, 0.2) is 0 Å². The number of hydrogen-bond acceptors (Lipinski definition) is 4. The molecule has 2 heterocycles. The molecule has 0 unspecified atom stereocenters. The highest BCUT2D eigenvalue weighted by atomic mass is 32.2. The lowest BCUT2D eigenvalue weighted by atomic mass is 10.1. The van der Waals surface area contributed by atoms with Crippen molar-refractivity contribution < 1.29 is 12.8 Å². The zero-order valence-corrected chi connectivity index (χ0v) is 14.8. The number of hydrogen-bond donors (Lipinski definition) is 1. The first kappa shape index (κ1) is 16.9. The van der Waals surface area contributed by atoms with Gasteiger partial charge in [0.2, 0.25) is 10.0 Å². The molecule has 7 heteroatoms. The van der Waals surface area contributed by atoms with Crippen LogP contribution in [0, 0.1) is 5.82 Å². The molecule has 2 aromatic carbocycles. The predicted octanol–water partition coefficient (Wildman–Crippen LogP) is 3.90. The molecule has 1 N–H and O–H groups in total. The van der Waals surface area contributed by atoms with E-state index >= 15 is 0 Å². The van der Waals surface area contributed by atoms with Gasteiger partial charge >= 0.3 is 0 Å². The minimum atomic E-state index is -3.42. The Bertz CT molecular complexity index is 1050. The maximum atomic E-state index is 13.9. The third-order valence-corrected chi connectivity index (χ3v) is 6.47. The third kappa shape index (κ3) is 3.04. The lowest BCUT2D eigenvalue weighted by Crippen LogP contribution is -2.27. The molecule has 1 aliphatic heterocycles. The number of pyridine rings is 1. The van der Waals surface area contributed by atoms with Crippen LogP contribution in [0.15, 0.2) is 59.6 Å². The summed E-state index contributed by atoms with van der Waals surface area (Å²) in [7, 11) is -3.42. The van der Waals surface area contributed by atoms with E-state index in [1.54, 1.807) is 48.7 Å². The van der Waals surface area contributed by atoms with Crippen molar-refractivity contribution in [3.63, 3.8) is 0 Å². The van der Waals surface area contributed by atoms with Gasteiger partial charge in [-0.25, -0.2) is 12.8 Å². The van der Waals surface area contributed by atoms with Crippen LogP contribution < -0.4 is 5.32 Å². The Hall–Kier alpha value is -2.51. The Morgan fingerprint density at radius 3 is 2.46 bits per heavy atom. The zero-order chi connectivity index (χ0) is 18.1. The van der Waals surface area contributed by atoms with E-state index in [1.807, 2.05) is 0 Å². The second-order valence-electron chi connectivity index (χ2n) is 6.26. The standard InChI is InChI=1S/C19H18FN3O2S/c20-17-5-3-4-16-18(10-11-21-19(16)17)22-14-6-8-15(9-7-14)26(24,25)23-12-1-2-13-23/h3-11H,1-2,12-13H2,(H,21,22). The zero-order valence-electron chi connectivity index (χ0n) is 14.0. The van der Waals surface area contributed by atoms with Crippen LogP contribution in [0.25, 0.3) is 10.9 Å². The van der Waals surface area contributed by atoms with E-state index in [0.717, 1.165) is 18.5 Å². The van der Waals surface area contributed by atoms with Gasteiger partial charge in [0.1, 0.15) is 11.3 Å². The quantitative estimate of drug-likeness (QED) is 0.755. The Morgan fingerprint density at radius 1 is 1.00 bits per heavy atom. The lowest BCUT2D eigenvalue weighted by Gasteiger charge is -2.16. The highest BCUT2D eigenvalue weighted by Gasteiger charge is 2.26. The van der Waals surface area contributed by atoms with Gasteiger partial charge in [-0.3, -0.25) is 4.98 Å². The van der Waals surface area contributed by atoms with Crippen LogP contribution in [0.3, 0.4) is 0 Å². The molecule has 26 heavy (non-hydrogen) atoms. The largest absolute Gasteiger partial charge is 0.355 e. The molecular weight excluding hydrogens is 353 g/mol. The number of aromatic nitrogens is 1. The van der Waals surface area contributed by atoms with Gasteiger partial charge in [-0.15, -0.1) is 0 Å². The minimum Gasteiger partial charge on any atom is -0.355 e. The first-order chi connectivity index (χ1) is 12.6. The molecule has 1 saturated heterocycles. The van der Waals surface area contributed by atoms with Crippen LogP contribution >= 0.6 is 0 Å². The minimum absolute atomic E-state index is 0.288. The molecule has 0 radical (unpaired) electrons. The Balaban J connectivity index is 1.62. The molecule has 0 aliphatic carbocycles. The van der Waals surface area contributed by atoms with Crippen LogP contribution in [-0.4, -0.2) is 30.8 Å². The molecule has 0 saturated carbocycles. The number of sulfonamides is 1. The van der Waals surface area contributed by atoms with E-state index in [9.17, 15) is 12.8 Å². The topological polar surface area (TPSA) is 62.3 Å². The fourth-order valence-electron chi connectivity index (χ4n) is 3.19. The van der Waals surface area contributed by atoms with Crippen LogP contribution in [0.1, 0.15) is 12.8 Å². The number of nitrogens with one attached hydrogen (secondary N) is 1. The van der Waals surface area contributed by atoms with Gasteiger partial charge in [-0.1, -0.05) is 12.1 Å². The monoisotopic (exact) mass is 371 g/mol. The van der Waals surface area contributed by atoms with Crippen molar-refractivity contribution in [1.82, 2.24) is 9.29 Å². The molecule has 0 atom stereocenters. The fourth-order valence-corrected chi connectivity index (χ4v) is 4.71. The van der Waals surface area contributed by atoms with Gasteiger partial charge in [-0.05, 0) is 49.2 Å². The van der Waals surface area contributed by atoms with Gasteiger partial charge in [0, 0.05) is 36.0 Å². The first-order valence-corrected chi connectivity index (χ1v) is 9.90. The van der Waals surface area contributed by atoms with E-state index in [0.29, 0.717) is 29.7 Å². The Morgan fingerprint density at radius 2 is 1.73 bits per heavy atom. The van der Waals surface area contributed by atoms with Crippen molar-refractivity contribution in [2.45, 2.75) is 17.7 Å². The maximum Gasteiger partial charge on any atom is 0.243 e. The molecule has 0 amide bonds.